The summed E-state index contributed by atoms with van der Waals surface area (Å²) >= 11 is 0. The third-order valence-electron chi connectivity index (χ3n) is 3.33. The molecule has 5 heteroatoms. The van der Waals surface area contributed by atoms with Gasteiger partial charge in [-0.25, -0.2) is 0 Å². The molecule has 0 spiro atoms. The summed E-state index contributed by atoms with van der Waals surface area (Å²) in [5.41, 5.74) is 6.32. The molecule has 0 bridgehead atoms. The number of likely N-dealkylation sites (tertiary alicyclic amines) is 1. The second kappa shape index (κ2) is 6.75. The van der Waals surface area contributed by atoms with Crippen molar-refractivity contribution in [3.8, 4) is 5.75 Å². The van der Waals surface area contributed by atoms with Gasteiger partial charge in [-0.1, -0.05) is 6.07 Å². The van der Waals surface area contributed by atoms with Gasteiger partial charge in [0, 0.05) is 38.5 Å². The average Bonchev–Trinajstić information content (AvgIpc) is 2.84. The van der Waals surface area contributed by atoms with E-state index in [-0.39, 0.29) is 6.61 Å². The van der Waals surface area contributed by atoms with Crippen LogP contribution in [-0.2, 0) is 4.74 Å². The molecule has 1 saturated heterocycles. The van der Waals surface area contributed by atoms with E-state index in [1.807, 2.05) is 12.1 Å². The number of methoxy groups -OCH3 is 1. The zero-order valence-corrected chi connectivity index (χ0v) is 11.3. The first-order valence-electron chi connectivity index (χ1n) is 6.59. The summed E-state index contributed by atoms with van der Waals surface area (Å²) in [5, 5.41) is 9.96. The minimum absolute atomic E-state index is 0.275. The van der Waals surface area contributed by atoms with Gasteiger partial charge in [-0.05, 0) is 18.6 Å². The van der Waals surface area contributed by atoms with Crippen molar-refractivity contribution in [2.75, 3.05) is 39.1 Å². The number of aliphatic hydroxyl groups excluding tert-OH is 1. The third kappa shape index (κ3) is 4.38. The van der Waals surface area contributed by atoms with Gasteiger partial charge >= 0.3 is 0 Å². The smallest absolute Gasteiger partial charge is 0.121 e. The Hall–Kier alpha value is -1.30. The zero-order chi connectivity index (χ0) is 13.7. The maximum Gasteiger partial charge on any atom is 0.121 e. The van der Waals surface area contributed by atoms with E-state index in [9.17, 15) is 5.11 Å². The van der Waals surface area contributed by atoms with Gasteiger partial charge in [0.2, 0.25) is 0 Å². The van der Waals surface area contributed by atoms with Gasteiger partial charge in [0.05, 0.1) is 6.10 Å². The highest BCUT2D eigenvalue weighted by Gasteiger charge is 2.23. The molecule has 2 unspecified atom stereocenters. The molecule has 1 aromatic carbocycles. The minimum atomic E-state index is -0.503. The molecule has 1 aromatic rings. The number of nitrogen functional groups attached to an aromatic ring is 1. The number of hydrogen-bond acceptors (Lipinski definition) is 5. The van der Waals surface area contributed by atoms with E-state index in [1.165, 1.54) is 0 Å². The van der Waals surface area contributed by atoms with E-state index < -0.39 is 6.10 Å². The lowest BCUT2D eigenvalue weighted by Gasteiger charge is -2.20. The molecule has 106 valence electrons. The van der Waals surface area contributed by atoms with E-state index >= 15 is 0 Å². The Morgan fingerprint density at radius 2 is 2.37 bits per heavy atom. The molecule has 19 heavy (non-hydrogen) atoms. The van der Waals surface area contributed by atoms with Crippen molar-refractivity contribution in [2.45, 2.75) is 18.6 Å². The molecule has 5 nitrogen and oxygen atoms in total. The lowest BCUT2D eigenvalue weighted by molar-refractivity contribution is 0.0642. The van der Waals surface area contributed by atoms with Gasteiger partial charge in [-0.3, -0.25) is 4.90 Å². The second-order valence-corrected chi connectivity index (χ2v) is 4.94. The molecule has 1 aliphatic rings. The number of β-amino-alcohol motifs (C(OH)–C–C–N with tert-alkyl or cyclic N) is 1. The van der Waals surface area contributed by atoms with Crippen molar-refractivity contribution < 1.29 is 14.6 Å². The topological polar surface area (TPSA) is 68.0 Å². The summed E-state index contributed by atoms with van der Waals surface area (Å²) in [5.74, 6) is 0.690. The van der Waals surface area contributed by atoms with Gasteiger partial charge in [0.15, 0.2) is 0 Å². The molecule has 0 aliphatic carbocycles. The standard InChI is InChI=1S/C14H22N2O3/c1-18-14-5-6-16(9-14)8-12(17)10-19-13-4-2-3-11(15)7-13/h2-4,7,12,14,17H,5-6,8-10,15H2,1H3. The SMILES string of the molecule is COC1CCN(CC(O)COc2cccc(N)c2)C1. The maximum atomic E-state index is 9.96. The summed E-state index contributed by atoms with van der Waals surface area (Å²) in [6.45, 7) is 2.74. The number of benzene rings is 1. The summed E-state index contributed by atoms with van der Waals surface area (Å²) < 4.78 is 10.8. The van der Waals surface area contributed by atoms with Crippen LogP contribution in [0.25, 0.3) is 0 Å². The summed E-state index contributed by atoms with van der Waals surface area (Å²) in [6, 6.07) is 7.22. The predicted molar refractivity (Wildman–Crippen MR) is 74.2 cm³/mol. The van der Waals surface area contributed by atoms with E-state index in [1.54, 1.807) is 19.2 Å². The fourth-order valence-electron chi connectivity index (χ4n) is 2.30. The first-order valence-corrected chi connectivity index (χ1v) is 6.59. The summed E-state index contributed by atoms with van der Waals surface area (Å²) in [4.78, 5) is 2.20. The highest BCUT2D eigenvalue weighted by molar-refractivity contribution is 5.43. The number of nitrogens with zero attached hydrogens (tertiary/aromatic N) is 1. The van der Waals surface area contributed by atoms with Crippen molar-refractivity contribution in [2.24, 2.45) is 0 Å². The molecule has 1 aliphatic heterocycles. The molecule has 2 atom stereocenters. The van der Waals surface area contributed by atoms with Gasteiger partial charge in [0.1, 0.15) is 18.5 Å². The lowest BCUT2D eigenvalue weighted by Crippen LogP contribution is -2.34. The fraction of sp³-hybridized carbons (Fsp3) is 0.571. The normalized spacial score (nSPS) is 21.5. The Balaban J connectivity index is 1.71. The average molecular weight is 266 g/mol. The Kier molecular flexibility index (Phi) is 5.01. The molecule has 1 fully saturated rings. The van der Waals surface area contributed by atoms with Crippen molar-refractivity contribution in [3.05, 3.63) is 24.3 Å². The molecule has 0 aromatic heterocycles. The largest absolute Gasteiger partial charge is 0.491 e. The van der Waals surface area contributed by atoms with Crippen molar-refractivity contribution >= 4 is 5.69 Å². The van der Waals surface area contributed by atoms with Crippen LogP contribution in [0.1, 0.15) is 6.42 Å². The first kappa shape index (κ1) is 14.1. The number of hydrogen-bond donors (Lipinski definition) is 2. The minimum Gasteiger partial charge on any atom is -0.491 e. The van der Waals surface area contributed by atoms with E-state index in [0.29, 0.717) is 24.1 Å². The number of nitrogens with two attached hydrogens (primary N) is 1. The van der Waals surface area contributed by atoms with Crippen molar-refractivity contribution in [3.63, 3.8) is 0 Å². The number of anilines is 1. The molecule has 0 amide bonds. The highest BCUT2D eigenvalue weighted by Crippen LogP contribution is 2.15. The zero-order valence-electron chi connectivity index (χ0n) is 11.3. The number of ether oxygens (including phenoxy) is 2. The molecular formula is C14H22N2O3. The lowest BCUT2D eigenvalue weighted by atomic mass is 10.3. The Morgan fingerprint density at radius 1 is 1.53 bits per heavy atom. The van der Waals surface area contributed by atoms with Crippen molar-refractivity contribution in [1.82, 2.24) is 4.90 Å². The molecule has 3 N–H and O–H groups in total. The van der Waals surface area contributed by atoms with Gasteiger partial charge in [-0.15, -0.1) is 0 Å². The number of aliphatic hydroxyl groups is 1. The fourth-order valence-corrected chi connectivity index (χ4v) is 2.30. The van der Waals surface area contributed by atoms with Crippen LogP contribution in [0.15, 0.2) is 24.3 Å². The highest BCUT2D eigenvalue weighted by atomic mass is 16.5. The third-order valence-corrected chi connectivity index (χ3v) is 3.33. The monoisotopic (exact) mass is 266 g/mol. The quantitative estimate of drug-likeness (QED) is 0.743. The second-order valence-electron chi connectivity index (χ2n) is 4.94. The Labute approximate surface area is 113 Å². The van der Waals surface area contributed by atoms with Crippen LogP contribution in [0.4, 0.5) is 5.69 Å². The van der Waals surface area contributed by atoms with E-state index in [0.717, 1.165) is 19.5 Å². The Morgan fingerprint density at radius 3 is 3.05 bits per heavy atom. The van der Waals surface area contributed by atoms with Crippen LogP contribution in [0.2, 0.25) is 0 Å². The molecule has 0 radical (unpaired) electrons. The summed E-state index contributed by atoms with van der Waals surface area (Å²) in [6.07, 6.45) is 0.818. The predicted octanol–water partition coefficient (Wildman–Crippen LogP) is 0.729. The molecule has 2 rings (SSSR count). The molecule has 0 saturated carbocycles. The van der Waals surface area contributed by atoms with Gasteiger partial charge in [0.25, 0.3) is 0 Å². The number of rotatable bonds is 6. The van der Waals surface area contributed by atoms with E-state index in [4.69, 9.17) is 15.2 Å². The van der Waals surface area contributed by atoms with Gasteiger partial charge < -0.3 is 20.3 Å². The van der Waals surface area contributed by atoms with Crippen molar-refractivity contribution in [1.29, 1.82) is 0 Å². The van der Waals surface area contributed by atoms with Crippen LogP contribution in [0.3, 0.4) is 0 Å². The Bertz CT molecular complexity index is 400. The van der Waals surface area contributed by atoms with Crippen LogP contribution >= 0.6 is 0 Å². The first-order chi connectivity index (χ1) is 9.17. The van der Waals surface area contributed by atoms with Crippen LogP contribution in [0, 0.1) is 0 Å². The van der Waals surface area contributed by atoms with Crippen LogP contribution in [0.5, 0.6) is 5.75 Å². The molecule has 1 heterocycles. The summed E-state index contributed by atoms with van der Waals surface area (Å²) in [7, 11) is 1.73. The molecular weight excluding hydrogens is 244 g/mol. The van der Waals surface area contributed by atoms with Gasteiger partial charge in [-0.2, -0.15) is 0 Å². The van der Waals surface area contributed by atoms with Crippen LogP contribution in [-0.4, -0.2) is 55.6 Å². The maximum absolute atomic E-state index is 9.96. The van der Waals surface area contributed by atoms with E-state index in [2.05, 4.69) is 4.90 Å². The van der Waals surface area contributed by atoms with Crippen LogP contribution < -0.4 is 10.5 Å².